The number of carbonyl (C=O) groups is 1. The molecule has 25 heavy (non-hydrogen) atoms. The van der Waals surface area contributed by atoms with Gasteiger partial charge in [-0.2, -0.15) is 9.78 Å². The molecule has 0 saturated heterocycles. The molecule has 130 valence electrons. The number of halogens is 1. The number of hydrogen-bond donors (Lipinski definition) is 2. The molecule has 1 amide bonds. The van der Waals surface area contributed by atoms with Crippen LogP contribution in [0.4, 0.5) is 5.82 Å². The zero-order valence-electron chi connectivity index (χ0n) is 12.9. The summed E-state index contributed by atoms with van der Waals surface area (Å²) in [4.78, 5) is 12.2. The van der Waals surface area contributed by atoms with Gasteiger partial charge in [-0.25, -0.2) is 10.1 Å². The molecule has 0 aliphatic heterocycles. The van der Waals surface area contributed by atoms with Crippen LogP contribution in [0.1, 0.15) is 21.7 Å². The first kappa shape index (κ1) is 17.8. The van der Waals surface area contributed by atoms with Crippen LogP contribution in [-0.2, 0) is 0 Å². The van der Waals surface area contributed by atoms with Crippen LogP contribution in [0, 0.1) is 9.81 Å². The number of nitrogens with two attached hydrogens (primary N) is 1. The maximum atomic E-state index is 12.2. The highest BCUT2D eigenvalue weighted by atomic mass is 127. The monoisotopic (exact) mass is 490 g/mol. The number of hydrogen-bond acceptors (Lipinski definition) is 10. The van der Waals surface area contributed by atoms with Crippen molar-refractivity contribution in [3.8, 4) is 5.82 Å². The molecule has 0 aliphatic rings. The van der Waals surface area contributed by atoms with Crippen molar-refractivity contribution < 1.29 is 9.42 Å². The van der Waals surface area contributed by atoms with Crippen LogP contribution in [-0.4, -0.2) is 43.7 Å². The number of nitrogen functional groups attached to an aromatic ring is 1. The first-order valence-electron chi connectivity index (χ1n) is 6.68. The second-order valence-corrected chi connectivity index (χ2v) is 8.63. The van der Waals surface area contributed by atoms with Crippen molar-refractivity contribution in [2.24, 2.45) is 5.10 Å². The fraction of sp³-hybridized carbons (Fsp3) is 0.167. The van der Waals surface area contributed by atoms with Crippen LogP contribution in [0.2, 0.25) is 0 Å². The van der Waals surface area contributed by atoms with Crippen LogP contribution in [0.15, 0.2) is 20.0 Å². The lowest BCUT2D eigenvalue weighted by Crippen LogP contribution is -2.19. The van der Waals surface area contributed by atoms with Gasteiger partial charge in [0.2, 0.25) is 11.6 Å². The molecule has 3 aromatic heterocycles. The van der Waals surface area contributed by atoms with E-state index in [1.54, 1.807) is 36.2 Å². The third-order valence-corrected chi connectivity index (χ3v) is 6.12. The van der Waals surface area contributed by atoms with Crippen molar-refractivity contribution in [2.75, 3.05) is 12.0 Å². The number of nitrogens with zero attached hydrogens (tertiary/aromatic N) is 6. The molecular weight excluding hydrogens is 479 g/mol. The summed E-state index contributed by atoms with van der Waals surface area (Å²) in [5.41, 5.74) is 9.54. The highest BCUT2D eigenvalue weighted by Gasteiger charge is 2.20. The first-order chi connectivity index (χ1) is 12.0. The number of nitrogens with one attached hydrogen (secondary N) is 1. The molecule has 3 N–H and O–H groups in total. The van der Waals surface area contributed by atoms with Gasteiger partial charge in [0.15, 0.2) is 5.69 Å². The minimum Gasteiger partial charge on any atom is -0.378 e. The molecule has 0 spiro atoms. The molecule has 3 aromatic rings. The predicted molar refractivity (Wildman–Crippen MR) is 102 cm³/mol. The van der Waals surface area contributed by atoms with Gasteiger partial charge in [-0.15, -0.1) is 28.2 Å². The molecule has 0 fully saturated rings. The summed E-state index contributed by atoms with van der Waals surface area (Å²) in [5, 5.41) is 18.8. The van der Waals surface area contributed by atoms with Gasteiger partial charge in [0.1, 0.15) is 0 Å². The van der Waals surface area contributed by atoms with Crippen LogP contribution in [0.25, 0.3) is 5.82 Å². The molecule has 0 radical (unpaired) electrons. The quantitative estimate of drug-likeness (QED) is 0.239. The smallest absolute Gasteiger partial charge is 0.293 e. The average molecular weight is 490 g/mol. The van der Waals surface area contributed by atoms with E-state index >= 15 is 0 Å². The topological polar surface area (TPSA) is 137 Å². The Morgan fingerprint density at radius 2 is 2.36 bits per heavy atom. The Bertz CT molecular complexity index is 947. The van der Waals surface area contributed by atoms with Gasteiger partial charge in [-0.05, 0) is 52.2 Å². The number of rotatable bonds is 5. The Morgan fingerprint density at radius 1 is 1.56 bits per heavy atom. The fourth-order valence-electron chi connectivity index (χ4n) is 1.90. The Morgan fingerprint density at radius 3 is 3.04 bits per heavy atom. The number of thiophene rings is 1. The van der Waals surface area contributed by atoms with Crippen molar-refractivity contribution in [1.82, 2.24) is 30.7 Å². The lowest BCUT2D eigenvalue weighted by atomic mass is 10.3. The van der Waals surface area contributed by atoms with Gasteiger partial charge in [-0.3, -0.25) is 4.79 Å². The molecule has 0 saturated carbocycles. The van der Waals surface area contributed by atoms with Gasteiger partial charge in [-0.1, -0.05) is 5.21 Å². The highest BCUT2D eigenvalue weighted by molar-refractivity contribution is 14.1. The second-order valence-electron chi connectivity index (χ2n) is 4.60. The molecule has 13 heteroatoms. The fourth-order valence-corrected chi connectivity index (χ4v) is 4.89. The number of thioether (sulfide) groups is 1. The number of carbonyl (C=O) groups excluding carboxylic acids is 1. The standard InChI is InChI=1S/C12H11IN8O2S2/c1-5-8(16-20-21(5)10-9(14)18-23-19-10)11(22)17-15-4-6-3-7(13)25-12(6)24-2/h3-4H,1-2H3,(H2,14,18)(H,17,22). The molecule has 0 aliphatic carbocycles. The van der Waals surface area contributed by atoms with Gasteiger partial charge in [0.25, 0.3) is 5.91 Å². The van der Waals surface area contributed by atoms with Crippen molar-refractivity contribution in [1.29, 1.82) is 0 Å². The van der Waals surface area contributed by atoms with Crippen molar-refractivity contribution in [3.05, 3.63) is 25.9 Å². The Labute approximate surface area is 163 Å². The zero-order chi connectivity index (χ0) is 18.0. The van der Waals surface area contributed by atoms with Crippen LogP contribution in [0.3, 0.4) is 0 Å². The van der Waals surface area contributed by atoms with Crippen molar-refractivity contribution >= 4 is 63.6 Å². The van der Waals surface area contributed by atoms with E-state index in [1.807, 2.05) is 12.3 Å². The normalized spacial score (nSPS) is 11.3. The average Bonchev–Trinajstić information content (AvgIpc) is 3.26. The summed E-state index contributed by atoms with van der Waals surface area (Å²) >= 11 is 5.53. The summed E-state index contributed by atoms with van der Waals surface area (Å²) in [6, 6.07) is 1.99. The molecular formula is C12H11IN8O2S2. The number of hydrazone groups is 1. The summed E-state index contributed by atoms with van der Waals surface area (Å²) in [6.45, 7) is 1.65. The molecule has 0 atom stereocenters. The second kappa shape index (κ2) is 7.49. The van der Waals surface area contributed by atoms with Crippen molar-refractivity contribution in [3.63, 3.8) is 0 Å². The molecule has 3 rings (SSSR count). The number of aromatic nitrogens is 5. The minimum atomic E-state index is -0.495. The van der Waals surface area contributed by atoms with E-state index in [-0.39, 0.29) is 17.3 Å². The SMILES string of the molecule is CSc1sc(I)cc1C=NNC(=O)c1nnn(-c2nonc2N)c1C. The summed E-state index contributed by atoms with van der Waals surface area (Å²) in [7, 11) is 0. The van der Waals surface area contributed by atoms with Gasteiger partial charge in [0, 0.05) is 5.56 Å². The summed E-state index contributed by atoms with van der Waals surface area (Å²) < 4.78 is 8.07. The largest absolute Gasteiger partial charge is 0.378 e. The zero-order valence-corrected chi connectivity index (χ0v) is 16.7. The molecule has 3 heterocycles. The summed E-state index contributed by atoms with van der Waals surface area (Å²) in [5.74, 6) is -0.273. The first-order valence-corrected chi connectivity index (χ1v) is 9.80. The Hall–Kier alpha value is -2.00. The van der Waals surface area contributed by atoms with Crippen molar-refractivity contribution in [2.45, 2.75) is 11.1 Å². The third-order valence-electron chi connectivity index (χ3n) is 3.06. The van der Waals surface area contributed by atoms with E-state index in [4.69, 9.17) is 5.73 Å². The van der Waals surface area contributed by atoms with E-state index in [9.17, 15) is 4.79 Å². The third kappa shape index (κ3) is 3.67. The van der Waals surface area contributed by atoms with Crippen LogP contribution in [0.5, 0.6) is 0 Å². The van der Waals surface area contributed by atoms with E-state index in [1.165, 1.54) is 4.68 Å². The molecule has 0 aromatic carbocycles. The van der Waals surface area contributed by atoms with E-state index < -0.39 is 5.91 Å². The van der Waals surface area contributed by atoms with E-state index in [2.05, 4.69) is 58.4 Å². The minimum absolute atomic E-state index is 0.0506. The van der Waals surface area contributed by atoms with Gasteiger partial charge >= 0.3 is 0 Å². The van der Waals surface area contributed by atoms with E-state index in [0.29, 0.717) is 5.69 Å². The lowest BCUT2D eigenvalue weighted by Gasteiger charge is -1.99. The van der Waals surface area contributed by atoms with Crippen LogP contribution >= 0.6 is 45.7 Å². The number of anilines is 1. The van der Waals surface area contributed by atoms with Gasteiger partial charge < -0.3 is 5.73 Å². The maximum absolute atomic E-state index is 12.2. The van der Waals surface area contributed by atoms with Gasteiger partial charge in [0.05, 0.1) is 19.0 Å². The highest BCUT2D eigenvalue weighted by Crippen LogP contribution is 2.30. The Kier molecular flexibility index (Phi) is 5.33. The molecule has 0 bridgehead atoms. The number of amides is 1. The summed E-state index contributed by atoms with van der Waals surface area (Å²) in [6.07, 6.45) is 3.59. The lowest BCUT2D eigenvalue weighted by molar-refractivity contribution is 0.0949. The Balaban J connectivity index is 1.75. The van der Waals surface area contributed by atoms with E-state index in [0.717, 1.165) is 12.7 Å². The maximum Gasteiger partial charge on any atom is 0.293 e. The van der Waals surface area contributed by atoms with Crippen LogP contribution < -0.4 is 11.2 Å². The molecule has 0 unspecified atom stereocenters. The molecule has 10 nitrogen and oxygen atoms in total. The predicted octanol–water partition coefficient (Wildman–Crippen LogP) is 1.69.